The standard InChI is InChI=1S/C24H21N5O/c1-16-7-8-21(30-16)22-20-13-29(12-17-5-3-2-4-6-17)10-9-18(20)19(11-25)23(28)24(22,14-26)15-27/h2-9,19-20,22,28H,10,12-13H2,1H3/p+1/t19-,20-,22+/m0/s1. The molecule has 30 heavy (non-hydrogen) atoms. The highest BCUT2D eigenvalue weighted by Crippen LogP contribution is 2.52. The zero-order valence-corrected chi connectivity index (χ0v) is 16.7. The predicted molar refractivity (Wildman–Crippen MR) is 109 cm³/mol. The van der Waals surface area contributed by atoms with E-state index >= 15 is 0 Å². The Morgan fingerprint density at radius 1 is 1.13 bits per heavy atom. The van der Waals surface area contributed by atoms with Crippen molar-refractivity contribution in [1.29, 1.82) is 21.2 Å². The SMILES string of the molecule is Cc1ccc([C@H]2[C@H]3C[NH+](Cc4ccccc4)CC=C3[C@H](C#N)C(=N)C2(C#N)C#N)o1. The number of hydrogen-bond donors (Lipinski definition) is 2. The number of nitrogens with zero attached hydrogens (tertiary/aromatic N) is 3. The van der Waals surface area contributed by atoms with Crippen LogP contribution in [0, 0.1) is 63.6 Å². The number of hydrogen-bond acceptors (Lipinski definition) is 5. The van der Waals surface area contributed by atoms with Crippen molar-refractivity contribution in [3.63, 3.8) is 0 Å². The van der Waals surface area contributed by atoms with Gasteiger partial charge >= 0.3 is 0 Å². The van der Waals surface area contributed by atoms with Gasteiger partial charge in [0.25, 0.3) is 0 Å². The molecule has 6 heteroatoms. The van der Waals surface area contributed by atoms with Crippen LogP contribution in [0.3, 0.4) is 0 Å². The third kappa shape index (κ3) is 3.01. The molecule has 0 saturated heterocycles. The summed E-state index contributed by atoms with van der Waals surface area (Å²) in [5.41, 5.74) is 0.200. The number of nitrogens with one attached hydrogen (secondary N) is 2. The van der Waals surface area contributed by atoms with E-state index < -0.39 is 17.3 Å². The van der Waals surface area contributed by atoms with E-state index in [1.54, 1.807) is 6.07 Å². The largest absolute Gasteiger partial charge is 0.466 e. The average Bonchev–Trinajstić information content (AvgIpc) is 3.19. The number of aryl methyl sites for hydroxylation is 1. The quantitative estimate of drug-likeness (QED) is 0.776. The van der Waals surface area contributed by atoms with Gasteiger partial charge in [-0.15, -0.1) is 0 Å². The van der Waals surface area contributed by atoms with E-state index in [1.165, 1.54) is 10.5 Å². The maximum Gasteiger partial charge on any atom is 0.192 e. The van der Waals surface area contributed by atoms with Gasteiger partial charge < -0.3 is 14.7 Å². The third-order valence-corrected chi connectivity index (χ3v) is 6.33. The molecule has 1 saturated carbocycles. The van der Waals surface area contributed by atoms with E-state index in [1.807, 2.05) is 37.3 Å². The Hall–Kier alpha value is -3.66. The Morgan fingerprint density at radius 3 is 2.47 bits per heavy atom. The normalized spacial score (nSPS) is 27.1. The summed E-state index contributed by atoms with van der Waals surface area (Å²) < 4.78 is 5.88. The number of nitriles is 3. The van der Waals surface area contributed by atoms with Crippen molar-refractivity contribution in [1.82, 2.24) is 0 Å². The Kier molecular flexibility index (Phi) is 5.00. The van der Waals surface area contributed by atoms with E-state index in [9.17, 15) is 15.8 Å². The topological polar surface area (TPSA) is 113 Å². The first-order chi connectivity index (χ1) is 14.5. The summed E-state index contributed by atoms with van der Waals surface area (Å²) in [4.78, 5) is 1.29. The zero-order chi connectivity index (χ0) is 21.3. The fourth-order valence-corrected chi connectivity index (χ4v) is 4.92. The van der Waals surface area contributed by atoms with Crippen molar-refractivity contribution < 1.29 is 9.32 Å². The van der Waals surface area contributed by atoms with Crippen LogP contribution in [0.1, 0.15) is 23.0 Å². The van der Waals surface area contributed by atoms with Gasteiger partial charge in [-0.2, -0.15) is 15.8 Å². The molecule has 148 valence electrons. The maximum atomic E-state index is 10.1. The van der Waals surface area contributed by atoms with Gasteiger partial charge in [-0.3, -0.25) is 0 Å². The van der Waals surface area contributed by atoms with Crippen LogP contribution < -0.4 is 4.90 Å². The molecule has 1 aromatic carbocycles. The lowest BCUT2D eigenvalue weighted by molar-refractivity contribution is -0.913. The molecular formula is C24H22N5O+. The Morgan fingerprint density at radius 2 is 1.87 bits per heavy atom. The lowest BCUT2D eigenvalue weighted by Gasteiger charge is -2.45. The summed E-state index contributed by atoms with van der Waals surface area (Å²) in [6.45, 7) is 4.04. The van der Waals surface area contributed by atoms with Gasteiger partial charge in [0.1, 0.15) is 24.0 Å². The molecule has 4 rings (SSSR count). The lowest BCUT2D eigenvalue weighted by Crippen LogP contribution is -3.12. The second-order valence-electron chi connectivity index (χ2n) is 8.06. The van der Waals surface area contributed by atoms with Crippen LogP contribution in [0.25, 0.3) is 0 Å². The smallest absolute Gasteiger partial charge is 0.192 e. The summed E-state index contributed by atoms with van der Waals surface area (Å²) in [6, 6.07) is 20.2. The van der Waals surface area contributed by atoms with Crippen molar-refractivity contribution in [2.75, 3.05) is 13.1 Å². The molecule has 6 nitrogen and oxygen atoms in total. The first-order valence-corrected chi connectivity index (χ1v) is 9.99. The van der Waals surface area contributed by atoms with Gasteiger partial charge in [0.2, 0.25) is 0 Å². The molecule has 1 unspecified atom stereocenters. The second kappa shape index (κ2) is 7.64. The summed E-state index contributed by atoms with van der Waals surface area (Å²) >= 11 is 0. The lowest BCUT2D eigenvalue weighted by atomic mass is 9.55. The highest BCUT2D eigenvalue weighted by atomic mass is 16.3. The van der Waals surface area contributed by atoms with Crippen LogP contribution in [-0.2, 0) is 6.54 Å². The zero-order valence-electron chi connectivity index (χ0n) is 16.7. The number of quaternary nitrogens is 1. The van der Waals surface area contributed by atoms with Crippen molar-refractivity contribution in [3.8, 4) is 18.2 Å². The Labute approximate surface area is 175 Å². The highest BCUT2D eigenvalue weighted by Gasteiger charge is 2.59. The molecule has 2 aromatic rings. The second-order valence-corrected chi connectivity index (χ2v) is 8.06. The van der Waals surface area contributed by atoms with Gasteiger partial charge in [-0.1, -0.05) is 30.3 Å². The summed E-state index contributed by atoms with van der Waals surface area (Å²) in [5, 5.41) is 38.6. The van der Waals surface area contributed by atoms with Crippen LogP contribution in [-0.4, -0.2) is 18.8 Å². The maximum absolute atomic E-state index is 10.1. The molecule has 2 aliphatic rings. The molecule has 4 atom stereocenters. The molecule has 1 aromatic heterocycles. The molecule has 0 radical (unpaired) electrons. The van der Waals surface area contributed by atoms with Crippen molar-refractivity contribution >= 4 is 5.71 Å². The van der Waals surface area contributed by atoms with E-state index in [2.05, 4.69) is 30.3 Å². The minimum Gasteiger partial charge on any atom is -0.466 e. The van der Waals surface area contributed by atoms with E-state index in [0.29, 0.717) is 18.1 Å². The molecular weight excluding hydrogens is 374 g/mol. The van der Waals surface area contributed by atoms with Gasteiger partial charge in [0.05, 0.1) is 42.9 Å². The third-order valence-electron chi connectivity index (χ3n) is 6.33. The van der Waals surface area contributed by atoms with Crippen molar-refractivity contribution in [3.05, 3.63) is 71.2 Å². The van der Waals surface area contributed by atoms with Gasteiger partial charge in [-0.05, 0) is 30.7 Å². The summed E-state index contributed by atoms with van der Waals surface area (Å²) in [6.07, 6.45) is 2.04. The van der Waals surface area contributed by atoms with Crippen LogP contribution in [0.2, 0.25) is 0 Å². The minimum absolute atomic E-state index is 0.136. The first kappa shape index (κ1) is 19.6. The van der Waals surface area contributed by atoms with E-state index in [-0.39, 0.29) is 11.6 Å². The number of furan rings is 1. The molecule has 0 bridgehead atoms. The summed E-state index contributed by atoms with van der Waals surface area (Å²) in [5.74, 6) is -0.455. The van der Waals surface area contributed by atoms with Gasteiger partial charge in [-0.25, -0.2) is 0 Å². The van der Waals surface area contributed by atoms with Crippen LogP contribution in [0.15, 0.2) is 58.5 Å². The molecule has 2 heterocycles. The highest BCUT2D eigenvalue weighted by molar-refractivity contribution is 6.00. The monoisotopic (exact) mass is 396 g/mol. The van der Waals surface area contributed by atoms with Gasteiger partial charge in [0, 0.05) is 11.5 Å². The predicted octanol–water partition coefficient (Wildman–Crippen LogP) is 2.52. The first-order valence-electron chi connectivity index (χ1n) is 9.99. The molecule has 1 aliphatic carbocycles. The number of fused-ring (bicyclic) bond motifs is 1. The fraction of sp³-hybridized carbons (Fsp3) is 0.333. The van der Waals surface area contributed by atoms with Crippen molar-refractivity contribution in [2.24, 2.45) is 17.3 Å². The van der Waals surface area contributed by atoms with Crippen molar-refractivity contribution in [2.45, 2.75) is 19.4 Å². The Balaban J connectivity index is 1.80. The fourth-order valence-electron chi connectivity index (χ4n) is 4.92. The molecule has 0 spiro atoms. The molecule has 0 amide bonds. The van der Waals surface area contributed by atoms with Crippen LogP contribution >= 0.6 is 0 Å². The van der Waals surface area contributed by atoms with Crippen LogP contribution in [0.5, 0.6) is 0 Å². The van der Waals surface area contributed by atoms with E-state index in [4.69, 9.17) is 9.83 Å². The number of benzene rings is 1. The Bertz CT molecular complexity index is 1110. The number of rotatable bonds is 3. The average molecular weight is 396 g/mol. The molecule has 2 N–H and O–H groups in total. The molecule has 1 fully saturated rings. The van der Waals surface area contributed by atoms with Crippen LogP contribution in [0.4, 0.5) is 0 Å². The molecule has 1 aliphatic heterocycles. The summed E-state index contributed by atoms with van der Waals surface area (Å²) in [7, 11) is 0. The van der Waals surface area contributed by atoms with E-state index in [0.717, 1.165) is 18.7 Å². The van der Waals surface area contributed by atoms with Gasteiger partial charge in [0.15, 0.2) is 5.41 Å². The minimum atomic E-state index is -1.72.